The van der Waals surface area contributed by atoms with E-state index in [1.807, 2.05) is 26.0 Å². The first kappa shape index (κ1) is 15.0. The maximum Gasteiger partial charge on any atom is 0.241 e. The van der Waals surface area contributed by atoms with Crippen LogP contribution in [0, 0.1) is 0 Å². The maximum absolute atomic E-state index is 11.8. The van der Waals surface area contributed by atoms with Crippen molar-refractivity contribution in [1.29, 1.82) is 0 Å². The van der Waals surface area contributed by atoms with E-state index in [1.165, 1.54) is 0 Å². The molecule has 0 atom stereocenters. The predicted octanol–water partition coefficient (Wildman–Crippen LogP) is 1.66. The van der Waals surface area contributed by atoms with Gasteiger partial charge in [0.15, 0.2) is 0 Å². The lowest BCUT2D eigenvalue weighted by atomic mass is 10.0. The molecule has 0 unspecified atom stereocenters. The molecule has 0 aliphatic heterocycles. The Labute approximate surface area is 102 Å². The Bertz CT molecular complexity index is 321. The number of nitrogens with zero attached hydrogens (tertiary/aromatic N) is 1. The summed E-state index contributed by atoms with van der Waals surface area (Å²) in [6.07, 6.45) is 1.62. The number of nitrogens with one attached hydrogen (secondary N) is 1. The van der Waals surface area contributed by atoms with Gasteiger partial charge in [-0.3, -0.25) is 10.1 Å². The fraction of sp³-hybridized carbons (Fsp3) is 0.545. The third-order valence-electron chi connectivity index (χ3n) is 2.23. The van der Waals surface area contributed by atoms with E-state index in [1.54, 1.807) is 25.3 Å². The van der Waals surface area contributed by atoms with E-state index < -0.39 is 5.54 Å². The van der Waals surface area contributed by atoms with Gasteiger partial charge in [-0.1, -0.05) is 0 Å². The lowest BCUT2D eigenvalue weighted by molar-refractivity contribution is -0.134. The van der Waals surface area contributed by atoms with Crippen LogP contribution < -0.4 is 5.32 Å². The first-order chi connectivity index (χ1) is 6.93. The number of hydrogen-bond acceptors (Lipinski definition) is 3. The largest absolute Gasteiger partial charge is 0.468 e. The third-order valence-corrected chi connectivity index (χ3v) is 2.23. The number of carbonyl (C=O) groups excluding carboxylic acids is 1. The Morgan fingerprint density at radius 3 is 2.56 bits per heavy atom. The monoisotopic (exact) mass is 246 g/mol. The second-order valence-corrected chi connectivity index (χ2v) is 4.26. The standard InChI is InChI=1S/C11H18N2O2.ClH/c1-11(2,10(14)13(3)4)12-8-9-6-5-7-15-9;/h5-7,12H,8H2,1-4H3;1H. The molecule has 4 nitrogen and oxygen atoms in total. The van der Waals surface area contributed by atoms with Crippen molar-refractivity contribution in [2.75, 3.05) is 14.1 Å². The molecule has 0 radical (unpaired) electrons. The average molecular weight is 247 g/mol. The van der Waals surface area contributed by atoms with Crippen molar-refractivity contribution in [3.05, 3.63) is 24.2 Å². The van der Waals surface area contributed by atoms with Crippen LogP contribution in [0.25, 0.3) is 0 Å². The molecule has 0 bridgehead atoms. The molecule has 0 spiro atoms. The molecule has 1 N–H and O–H groups in total. The van der Waals surface area contributed by atoms with E-state index in [0.29, 0.717) is 6.54 Å². The highest BCUT2D eigenvalue weighted by molar-refractivity contribution is 5.85. The number of amides is 1. The van der Waals surface area contributed by atoms with Gasteiger partial charge in [-0.2, -0.15) is 0 Å². The van der Waals surface area contributed by atoms with Gasteiger partial charge in [0.25, 0.3) is 0 Å². The van der Waals surface area contributed by atoms with Crippen molar-refractivity contribution in [3.8, 4) is 0 Å². The van der Waals surface area contributed by atoms with Crippen LogP contribution in [0.5, 0.6) is 0 Å². The van der Waals surface area contributed by atoms with Crippen molar-refractivity contribution in [3.63, 3.8) is 0 Å². The van der Waals surface area contributed by atoms with E-state index in [0.717, 1.165) is 5.76 Å². The lowest BCUT2D eigenvalue weighted by Gasteiger charge is -2.27. The molecule has 0 saturated heterocycles. The molecule has 0 fully saturated rings. The average Bonchev–Trinajstić information content (AvgIpc) is 2.66. The predicted molar refractivity (Wildman–Crippen MR) is 65.6 cm³/mol. The number of halogens is 1. The fourth-order valence-corrected chi connectivity index (χ4v) is 1.36. The van der Waals surface area contributed by atoms with Crippen molar-refractivity contribution in [2.24, 2.45) is 0 Å². The highest BCUT2D eigenvalue weighted by Gasteiger charge is 2.28. The van der Waals surface area contributed by atoms with Crippen LogP contribution >= 0.6 is 12.4 Å². The molecule has 0 aliphatic rings. The summed E-state index contributed by atoms with van der Waals surface area (Å²) in [6, 6.07) is 3.71. The van der Waals surface area contributed by atoms with Crippen LogP contribution in [0.3, 0.4) is 0 Å². The highest BCUT2D eigenvalue weighted by atomic mass is 35.5. The summed E-state index contributed by atoms with van der Waals surface area (Å²) >= 11 is 0. The summed E-state index contributed by atoms with van der Waals surface area (Å²) in [7, 11) is 3.50. The van der Waals surface area contributed by atoms with E-state index in [2.05, 4.69) is 5.32 Å². The molecule has 1 rings (SSSR count). The highest BCUT2D eigenvalue weighted by Crippen LogP contribution is 2.08. The summed E-state index contributed by atoms with van der Waals surface area (Å²) in [5.41, 5.74) is -0.573. The quantitative estimate of drug-likeness (QED) is 0.879. The third kappa shape index (κ3) is 3.87. The minimum absolute atomic E-state index is 0. The molecule has 1 aromatic rings. The van der Waals surface area contributed by atoms with Gasteiger partial charge in [-0.25, -0.2) is 0 Å². The molecule has 0 saturated carbocycles. The Balaban J connectivity index is 0.00000225. The van der Waals surface area contributed by atoms with Crippen molar-refractivity contribution in [2.45, 2.75) is 25.9 Å². The minimum Gasteiger partial charge on any atom is -0.468 e. The van der Waals surface area contributed by atoms with Gasteiger partial charge in [0, 0.05) is 14.1 Å². The Morgan fingerprint density at radius 2 is 2.12 bits per heavy atom. The van der Waals surface area contributed by atoms with Gasteiger partial charge in [0.1, 0.15) is 5.76 Å². The first-order valence-electron chi connectivity index (χ1n) is 4.92. The summed E-state index contributed by atoms with van der Waals surface area (Å²) < 4.78 is 5.18. The van der Waals surface area contributed by atoms with Crippen molar-refractivity contribution < 1.29 is 9.21 Å². The normalized spacial score (nSPS) is 10.8. The second kappa shape index (κ2) is 5.92. The van der Waals surface area contributed by atoms with Gasteiger partial charge in [-0.15, -0.1) is 12.4 Å². The number of carbonyl (C=O) groups is 1. The molecular weight excluding hydrogens is 228 g/mol. The number of likely N-dealkylation sites (N-methyl/N-ethyl adjacent to an activating group) is 1. The smallest absolute Gasteiger partial charge is 0.241 e. The van der Waals surface area contributed by atoms with Crippen LogP contribution in [0.4, 0.5) is 0 Å². The Morgan fingerprint density at radius 1 is 1.50 bits per heavy atom. The van der Waals surface area contributed by atoms with Gasteiger partial charge in [0.2, 0.25) is 5.91 Å². The van der Waals surface area contributed by atoms with E-state index in [9.17, 15) is 4.79 Å². The maximum atomic E-state index is 11.8. The molecule has 1 heterocycles. The van der Waals surface area contributed by atoms with E-state index in [4.69, 9.17) is 4.42 Å². The summed E-state index contributed by atoms with van der Waals surface area (Å²) in [5.74, 6) is 0.878. The molecule has 16 heavy (non-hydrogen) atoms. The molecule has 5 heteroatoms. The van der Waals surface area contributed by atoms with E-state index >= 15 is 0 Å². The SMILES string of the molecule is CN(C)C(=O)C(C)(C)NCc1ccco1.Cl. The van der Waals surface area contributed by atoms with Crippen LogP contribution in [0.1, 0.15) is 19.6 Å². The summed E-state index contributed by atoms with van der Waals surface area (Å²) in [6.45, 7) is 4.27. The van der Waals surface area contributed by atoms with Gasteiger partial charge in [-0.05, 0) is 26.0 Å². The van der Waals surface area contributed by atoms with Gasteiger partial charge < -0.3 is 9.32 Å². The van der Waals surface area contributed by atoms with E-state index in [-0.39, 0.29) is 18.3 Å². The molecule has 1 aromatic heterocycles. The van der Waals surface area contributed by atoms with Crippen molar-refractivity contribution >= 4 is 18.3 Å². The van der Waals surface area contributed by atoms with Gasteiger partial charge in [0.05, 0.1) is 18.3 Å². The Kier molecular flexibility index (Phi) is 5.55. The molecule has 1 amide bonds. The van der Waals surface area contributed by atoms with Gasteiger partial charge >= 0.3 is 0 Å². The van der Waals surface area contributed by atoms with Crippen molar-refractivity contribution in [1.82, 2.24) is 10.2 Å². The zero-order chi connectivity index (χ0) is 11.5. The van der Waals surface area contributed by atoms with Crippen LogP contribution in [0.2, 0.25) is 0 Å². The molecule has 0 aliphatic carbocycles. The zero-order valence-electron chi connectivity index (χ0n) is 10.1. The van der Waals surface area contributed by atoms with Crippen LogP contribution in [0.15, 0.2) is 22.8 Å². The van der Waals surface area contributed by atoms with Crippen LogP contribution in [-0.2, 0) is 11.3 Å². The fourth-order valence-electron chi connectivity index (χ4n) is 1.36. The summed E-state index contributed by atoms with van der Waals surface area (Å²) in [4.78, 5) is 13.3. The molecular formula is C11H19ClN2O2. The molecule has 0 aromatic carbocycles. The Hall–Kier alpha value is -1.00. The zero-order valence-corrected chi connectivity index (χ0v) is 10.9. The lowest BCUT2D eigenvalue weighted by Crippen LogP contribution is -2.51. The summed E-state index contributed by atoms with van der Waals surface area (Å²) in [5, 5.41) is 3.16. The number of hydrogen-bond donors (Lipinski definition) is 1. The minimum atomic E-state index is -0.573. The topological polar surface area (TPSA) is 45.5 Å². The number of furan rings is 1. The van der Waals surface area contributed by atoms with Crippen LogP contribution in [-0.4, -0.2) is 30.4 Å². The number of rotatable bonds is 4. The second-order valence-electron chi connectivity index (χ2n) is 4.26. The molecule has 92 valence electrons. The first-order valence-corrected chi connectivity index (χ1v) is 4.92.